The summed E-state index contributed by atoms with van der Waals surface area (Å²) >= 11 is 0. The van der Waals surface area contributed by atoms with Crippen molar-refractivity contribution in [2.75, 3.05) is 12.3 Å². The zero-order valence-corrected chi connectivity index (χ0v) is 13.5. The van der Waals surface area contributed by atoms with Crippen LogP contribution in [0.3, 0.4) is 0 Å². The molecule has 3 rings (SSSR count). The molecule has 0 aliphatic carbocycles. The number of rotatable bonds is 4. The van der Waals surface area contributed by atoms with Crippen molar-refractivity contribution in [3.05, 3.63) is 71.0 Å². The Morgan fingerprint density at radius 1 is 1.09 bits per heavy atom. The van der Waals surface area contributed by atoms with Gasteiger partial charge in [0.15, 0.2) is 0 Å². The van der Waals surface area contributed by atoms with E-state index < -0.39 is 10.8 Å². The molecule has 2 aromatic carbocycles. The van der Waals surface area contributed by atoms with Gasteiger partial charge in [0.05, 0.1) is 0 Å². The normalized spacial score (nSPS) is 15.1. The van der Waals surface area contributed by atoms with Gasteiger partial charge in [-0.1, -0.05) is 36.4 Å². The second-order valence-corrected chi connectivity index (χ2v) is 7.15. The van der Waals surface area contributed by atoms with Crippen LogP contribution in [0.25, 0.3) is 0 Å². The van der Waals surface area contributed by atoms with Crippen molar-refractivity contribution in [2.24, 2.45) is 0 Å². The van der Waals surface area contributed by atoms with Crippen LogP contribution in [0.5, 0.6) is 0 Å². The van der Waals surface area contributed by atoms with E-state index in [0.717, 1.165) is 17.5 Å². The van der Waals surface area contributed by atoms with Gasteiger partial charge in [-0.2, -0.15) is 0 Å². The number of benzene rings is 2. The van der Waals surface area contributed by atoms with E-state index in [1.807, 2.05) is 18.2 Å². The molecule has 120 valence electrons. The van der Waals surface area contributed by atoms with E-state index in [1.165, 1.54) is 17.7 Å². The minimum atomic E-state index is -1.28. The molecular weight excluding hydrogens is 313 g/mol. The van der Waals surface area contributed by atoms with Crippen molar-refractivity contribution in [2.45, 2.75) is 18.7 Å². The molecule has 23 heavy (non-hydrogen) atoms. The minimum Gasteiger partial charge on any atom is -0.337 e. The molecule has 0 spiro atoms. The fourth-order valence-electron chi connectivity index (χ4n) is 2.76. The Bertz CT molecular complexity index is 730. The van der Waals surface area contributed by atoms with Crippen molar-refractivity contribution in [1.82, 2.24) is 4.90 Å². The van der Waals surface area contributed by atoms with E-state index in [4.69, 9.17) is 0 Å². The molecule has 2 aromatic rings. The average Bonchev–Trinajstić information content (AvgIpc) is 2.56. The maximum atomic E-state index is 12.9. The molecule has 0 N–H and O–H groups in total. The summed E-state index contributed by atoms with van der Waals surface area (Å²) in [5, 5.41) is 0. The number of hydrogen-bond acceptors (Lipinski definition) is 2. The third-order valence-electron chi connectivity index (χ3n) is 4.01. The summed E-state index contributed by atoms with van der Waals surface area (Å²) in [5.41, 5.74) is 3.22. The monoisotopic (exact) mass is 331 g/mol. The summed E-state index contributed by atoms with van der Waals surface area (Å²) in [6.07, 6.45) is 0.840. The lowest BCUT2D eigenvalue weighted by atomic mass is 10.00. The van der Waals surface area contributed by atoms with Crippen LogP contribution in [0.15, 0.2) is 48.5 Å². The van der Waals surface area contributed by atoms with E-state index in [-0.39, 0.29) is 23.2 Å². The lowest BCUT2D eigenvalue weighted by Gasteiger charge is -2.28. The molecule has 0 saturated heterocycles. The maximum absolute atomic E-state index is 12.9. The SMILES string of the molecule is O=C(CS(=O)Cc1ccc(F)cc1)N1CCc2ccccc2C1. The molecule has 0 bridgehead atoms. The zero-order valence-electron chi connectivity index (χ0n) is 12.7. The molecule has 0 radical (unpaired) electrons. The molecule has 5 heteroatoms. The summed E-state index contributed by atoms with van der Waals surface area (Å²) in [7, 11) is -1.28. The fraction of sp³-hybridized carbons (Fsp3) is 0.278. The van der Waals surface area contributed by atoms with Gasteiger partial charge < -0.3 is 4.90 Å². The van der Waals surface area contributed by atoms with Crippen molar-refractivity contribution in [3.8, 4) is 0 Å². The Labute approximate surface area is 137 Å². The molecule has 1 unspecified atom stereocenters. The Balaban J connectivity index is 1.57. The van der Waals surface area contributed by atoms with Crippen molar-refractivity contribution >= 4 is 16.7 Å². The maximum Gasteiger partial charge on any atom is 0.235 e. The lowest BCUT2D eigenvalue weighted by Crippen LogP contribution is -2.38. The first-order valence-corrected chi connectivity index (χ1v) is 9.04. The Hall–Kier alpha value is -2.01. The fourth-order valence-corrected chi connectivity index (χ4v) is 3.88. The molecule has 0 aromatic heterocycles. The number of amides is 1. The molecule has 1 aliphatic rings. The smallest absolute Gasteiger partial charge is 0.235 e. The van der Waals surface area contributed by atoms with Crippen LogP contribution in [0.2, 0.25) is 0 Å². The first-order valence-electron chi connectivity index (χ1n) is 7.56. The molecular formula is C18H18FNO2S. The first-order chi connectivity index (χ1) is 11.1. The molecule has 1 heterocycles. The quantitative estimate of drug-likeness (QED) is 0.864. The molecule has 1 atom stereocenters. The predicted molar refractivity (Wildman–Crippen MR) is 88.7 cm³/mol. The zero-order chi connectivity index (χ0) is 16.2. The third-order valence-corrected chi connectivity index (χ3v) is 5.23. The van der Waals surface area contributed by atoms with Gasteiger partial charge in [0.25, 0.3) is 0 Å². The number of hydrogen-bond donors (Lipinski definition) is 0. The molecule has 1 amide bonds. The molecule has 3 nitrogen and oxygen atoms in total. The van der Waals surface area contributed by atoms with E-state index in [9.17, 15) is 13.4 Å². The highest BCUT2D eigenvalue weighted by Gasteiger charge is 2.21. The van der Waals surface area contributed by atoms with Crippen LogP contribution in [-0.2, 0) is 34.3 Å². The largest absolute Gasteiger partial charge is 0.337 e. The average molecular weight is 331 g/mol. The van der Waals surface area contributed by atoms with Gasteiger partial charge in [0, 0.05) is 29.6 Å². The summed E-state index contributed by atoms with van der Waals surface area (Å²) in [6.45, 7) is 1.26. The highest BCUT2D eigenvalue weighted by Crippen LogP contribution is 2.18. The van der Waals surface area contributed by atoms with Gasteiger partial charge in [0.1, 0.15) is 11.6 Å². The Morgan fingerprint density at radius 2 is 1.78 bits per heavy atom. The van der Waals surface area contributed by atoms with Gasteiger partial charge in [-0.15, -0.1) is 0 Å². The van der Waals surface area contributed by atoms with Crippen molar-refractivity contribution < 1.29 is 13.4 Å². The minimum absolute atomic E-state index is 0.0134. The van der Waals surface area contributed by atoms with Crippen LogP contribution in [-0.4, -0.2) is 27.3 Å². The number of nitrogens with zero attached hydrogens (tertiary/aromatic N) is 1. The second kappa shape index (κ2) is 7.04. The van der Waals surface area contributed by atoms with Gasteiger partial charge in [-0.05, 0) is 35.2 Å². The standard InChI is InChI=1S/C18H18FNO2S/c19-17-7-5-14(6-8-17)12-23(22)13-18(21)20-10-9-15-3-1-2-4-16(15)11-20/h1-8H,9-13H2. The van der Waals surface area contributed by atoms with Crippen LogP contribution < -0.4 is 0 Å². The van der Waals surface area contributed by atoms with Gasteiger partial charge >= 0.3 is 0 Å². The summed E-state index contributed by atoms with van der Waals surface area (Å²) in [5.74, 6) is -0.113. The highest BCUT2D eigenvalue weighted by atomic mass is 32.2. The highest BCUT2D eigenvalue weighted by molar-refractivity contribution is 7.84. The molecule has 0 fully saturated rings. The number of carbonyl (C=O) groups excluding carboxylic acids is 1. The van der Waals surface area contributed by atoms with Crippen LogP contribution >= 0.6 is 0 Å². The van der Waals surface area contributed by atoms with E-state index in [0.29, 0.717) is 13.1 Å². The van der Waals surface area contributed by atoms with Crippen molar-refractivity contribution in [3.63, 3.8) is 0 Å². The van der Waals surface area contributed by atoms with Crippen molar-refractivity contribution in [1.29, 1.82) is 0 Å². The Kier molecular flexibility index (Phi) is 4.86. The van der Waals surface area contributed by atoms with E-state index in [2.05, 4.69) is 6.07 Å². The van der Waals surface area contributed by atoms with E-state index >= 15 is 0 Å². The van der Waals surface area contributed by atoms with Gasteiger partial charge in [0.2, 0.25) is 5.91 Å². The Morgan fingerprint density at radius 3 is 2.52 bits per heavy atom. The van der Waals surface area contributed by atoms with Crippen LogP contribution in [0.1, 0.15) is 16.7 Å². The summed E-state index contributed by atoms with van der Waals surface area (Å²) in [4.78, 5) is 14.1. The second-order valence-electron chi connectivity index (χ2n) is 5.69. The van der Waals surface area contributed by atoms with Crippen LogP contribution in [0.4, 0.5) is 4.39 Å². The third kappa shape index (κ3) is 4.05. The van der Waals surface area contributed by atoms with Gasteiger partial charge in [-0.25, -0.2) is 4.39 Å². The molecule has 1 aliphatic heterocycles. The predicted octanol–water partition coefficient (Wildman–Crippen LogP) is 2.66. The molecule has 0 saturated carbocycles. The topological polar surface area (TPSA) is 37.4 Å². The number of carbonyl (C=O) groups is 1. The summed E-state index contributed by atoms with van der Waals surface area (Å²) < 4.78 is 25.0. The first kappa shape index (κ1) is 15.9. The number of halogens is 1. The van der Waals surface area contributed by atoms with Gasteiger partial charge in [-0.3, -0.25) is 9.00 Å². The lowest BCUT2D eigenvalue weighted by molar-refractivity contribution is -0.129. The van der Waals surface area contributed by atoms with E-state index in [1.54, 1.807) is 17.0 Å². The van der Waals surface area contributed by atoms with Crippen LogP contribution in [0, 0.1) is 5.82 Å². The summed E-state index contributed by atoms with van der Waals surface area (Å²) in [6, 6.07) is 14.0. The number of fused-ring (bicyclic) bond motifs is 1.